The molecular weight excluding hydrogens is 320 g/mol. The first-order valence-electron chi connectivity index (χ1n) is 8.18. The van der Waals surface area contributed by atoms with Crippen molar-refractivity contribution in [2.45, 2.75) is 32.2 Å². The van der Waals surface area contributed by atoms with Crippen LogP contribution in [0.15, 0.2) is 29.6 Å². The fourth-order valence-corrected chi connectivity index (χ4v) is 3.68. The highest BCUT2D eigenvalue weighted by Crippen LogP contribution is 2.17. The number of nitrogens with one attached hydrogen (secondary N) is 1. The summed E-state index contributed by atoms with van der Waals surface area (Å²) < 4.78 is 0. The Hall–Kier alpha value is -2.23. The average Bonchev–Trinajstić information content (AvgIpc) is 3.02. The molecule has 2 aromatic rings. The van der Waals surface area contributed by atoms with Crippen molar-refractivity contribution in [3.8, 4) is 6.07 Å². The van der Waals surface area contributed by atoms with Crippen LogP contribution in [-0.4, -0.2) is 28.9 Å². The van der Waals surface area contributed by atoms with Gasteiger partial charge in [0, 0.05) is 11.1 Å². The molecule has 0 saturated carbocycles. The summed E-state index contributed by atoms with van der Waals surface area (Å²) in [5, 5.41) is 14.8. The van der Waals surface area contributed by atoms with Crippen LogP contribution in [0.2, 0.25) is 0 Å². The fourth-order valence-electron chi connectivity index (χ4n) is 2.85. The van der Waals surface area contributed by atoms with Crippen molar-refractivity contribution in [1.29, 1.82) is 5.26 Å². The highest BCUT2D eigenvalue weighted by atomic mass is 32.1. The monoisotopic (exact) mass is 340 g/mol. The fraction of sp³-hybridized carbons (Fsp3) is 0.389. The van der Waals surface area contributed by atoms with Gasteiger partial charge in [0.25, 0.3) is 0 Å². The number of benzene rings is 1. The topological polar surface area (TPSA) is 69.0 Å². The molecular formula is C18H20N4OS. The number of nitrogens with zero attached hydrogens (tertiary/aromatic N) is 3. The zero-order valence-electron chi connectivity index (χ0n) is 13.5. The second-order valence-electron chi connectivity index (χ2n) is 5.99. The van der Waals surface area contributed by atoms with E-state index in [1.807, 2.05) is 5.38 Å². The number of hydrogen-bond acceptors (Lipinski definition) is 5. The van der Waals surface area contributed by atoms with Crippen LogP contribution in [0, 0.1) is 11.3 Å². The number of thiazole rings is 1. The minimum absolute atomic E-state index is 0.111. The summed E-state index contributed by atoms with van der Waals surface area (Å²) in [6.07, 6.45) is 4.12. The normalized spacial score (nSPS) is 15.0. The molecule has 124 valence electrons. The van der Waals surface area contributed by atoms with Crippen LogP contribution in [-0.2, 0) is 17.8 Å². The van der Waals surface area contributed by atoms with E-state index >= 15 is 0 Å². The summed E-state index contributed by atoms with van der Waals surface area (Å²) in [5.41, 5.74) is 1.98. The minimum atomic E-state index is -0.111. The molecule has 3 rings (SSSR count). The van der Waals surface area contributed by atoms with Crippen molar-refractivity contribution in [2.75, 3.05) is 18.4 Å². The molecule has 1 N–H and O–H groups in total. The van der Waals surface area contributed by atoms with E-state index in [2.05, 4.69) is 21.3 Å². The number of carbonyl (C=O) groups excluding carboxylic acids is 1. The van der Waals surface area contributed by atoms with Crippen LogP contribution in [0.3, 0.4) is 0 Å². The summed E-state index contributed by atoms with van der Waals surface area (Å²) in [5.74, 6) is -0.111. The first kappa shape index (κ1) is 16.6. The summed E-state index contributed by atoms with van der Waals surface area (Å²) in [6.45, 7) is 3.17. The number of amides is 1. The zero-order valence-corrected chi connectivity index (χ0v) is 14.3. The number of likely N-dealkylation sites (tertiary alicyclic amines) is 1. The summed E-state index contributed by atoms with van der Waals surface area (Å²) in [4.78, 5) is 19.2. The molecule has 24 heavy (non-hydrogen) atoms. The average molecular weight is 340 g/mol. The predicted octanol–water partition coefficient (Wildman–Crippen LogP) is 3.18. The van der Waals surface area contributed by atoms with E-state index in [0.29, 0.717) is 11.3 Å². The minimum Gasteiger partial charge on any atom is -0.326 e. The van der Waals surface area contributed by atoms with E-state index in [1.165, 1.54) is 19.3 Å². The van der Waals surface area contributed by atoms with E-state index in [1.54, 1.807) is 35.6 Å². The number of aromatic nitrogens is 1. The third-order valence-corrected chi connectivity index (χ3v) is 4.91. The molecule has 6 heteroatoms. The molecule has 1 amide bonds. The molecule has 1 saturated heterocycles. The maximum atomic E-state index is 12.1. The molecule has 2 heterocycles. The highest BCUT2D eigenvalue weighted by Gasteiger charge is 2.13. The lowest BCUT2D eigenvalue weighted by Gasteiger charge is -2.25. The molecule has 1 aliphatic rings. The van der Waals surface area contributed by atoms with Gasteiger partial charge in [-0.2, -0.15) is 5.26 Å². The Morgan fingerprint density at radius 3 is 2.96 bits per heavy atom. The lowest BCUT2D eigenvalue weighted by Crippen LogP contribution is -2.29. The SMILES string of the molecule is N#Cc1cccc(NC(=O)Cc2csc(CN3CCCCC3)n2)c1. The van der Waals surface area contributed by atoms with Crippen LogP contribution in [0.5, 0.6) is 0 Å². The van der Waals surface area contributed by atoms with Crippen LogP contribution < -0.4 is 5.32 Å². The number of piperidine rings is 1. The van der Waals surface area contributed by atoms with E-state index in [4.69, 9.17) is 5.26 Å². The Kier molecular flexibility index (Phi) is 5.57. The quantitative estimate of drug-likeness (QED) is 0.907. The Balaban J connectivity index is 1.53. The molecule has 5 nitrogen and oxygen atoms in total. The van der Waals surface area contributed by atoms with E-state index in [9.17, 15) is 4.79 Å². The Morgan fingerprint density at radius 1 is 1.33 bits per heavy atom. The van der Waals surface area contributed by atoms with Crippen molar-refractivity contribution in [1.82, 2.24) is 9.88 Å². The molecule has 1 fully saturated rings. The molecule has 0 radical (unpaired) electrons. The second-order valence-corrected chi connectivity index (χ2v) is 6.93. The molecule has 1 aromatic carbocycles. The van der Waals surface area contributed by atoms with Crippen LogP contribution in [0.1, 0.15) is 35.5 Å². The standard InChI is InChI=1S/C18H20N4OS/c19-11-14-5-4-6-15(9-14)20-17(23)10-16-13-24-18(21-16)12-22-7-2-1-3-8-22/h4-6,9,13H,1-3,7-8,10,12H2,(H,20,23). The molecule has 1 aromatic heterocycles. The number of anilines is 1. The largest absolute Gasteiger partial charge is 0.326 e. The first-order valence-corrected chi connectivity index (χ1v) is 9.06. The van der Waals surface area contributed by atoms with Crippen LogP contribution in [0.4, 0.5) is 5.69 Å². The van der Waals surface area contributed by atoms with Crippen molar-refractivity contribution in [3.05, 3.63) is 45.9 Å². The van der Waals surface area contributed by atoms with Crippen molar-refractivity contribution < 1.29 is 4.79 Å². The summed E-state index contributed by atoms with van der Waals surface area (Å²) in [7, 11) is 0. The van der Waals surface area contributed by atoms with E-state index in [-0.39, 0.29) is 12.3 Å². The van der Waals surface area contributed by atoms with Crippen LogP contribution in [0.25, 0.3) is 0 Å². The van der Waals surface area contributed by atoms with Gasteiger partial charge in [0.2, 0.25) is 5.91 Å². The second kappa shape index (κ2) is 8.04. The van der Waals surface area contributed by atoms with Gasteiger partial charge in [0.15, 0.2) is 0 Å². The Labute approximate surface area is 145 Å². The summed E-state index contributed by atoms with van der Waals surface area (Å²) in [6, 6.07) is 8.98. The van der Waals surface area contributed by atoms with Gasteiger partial charge in [0.1, 0.15) is 5.01 Å². The first-order chi connectivity index (χ1) is 11.7. The lowest BCUT2D eigenvalue weighted by molar-refractivity contribution is -0.115. The molecule has 0 atom stereocenters. The Bertz CT molecular complexity index is 743. The zero-order chi connectivity index (χ0) is 16.8. The van der Waals surface area contributed by atoms with Gasteiger partial charge in [-0.05, 0) is 44.1 Å². The maximum absolute atomic E-state index is 12.1. The van der Waals surface area contributed by atoms with Crippen LogP contribution >= 0.6 is 11.3 Å². The van der Waals surface area contributed by atoms with E-state index < -0.39 is 0 Å². The van der Waals surface area contributed by atoms with Gasteiger partial charge < -0.3 is 5.32 Å². The predicted molar refractivity (Wildman–Crippen MR) is 94.7 cm³/mol. The highest BCUT2D eigenvalue weighted by molar-refractivity contribution is 7.09. The maximum Gasteiger partial charge on any atom is 0.230 e. The van der Waals surface area contributed by atoms with Gasteiger partial charge in [-0.3, -0.25) is 9.69 Å². The molecule has 0 spiro atoms. The molecule has 0 unspecified atom stereocenters. The Morgan fingerprint density at radius 2 is 2.17 bits per heavy atom. The third kappa shape index (κ3) is 4.63. The summed E-state index contributed by atoms with van der Waals surface area (Å²) >= 11 is 1.62. The smallest absolute Gasteiger partial charge is 0.230 e. The van der Waals surface area contributed by atoms with Gasteiger partial charge in [-0.1, -0.05) is 12.5 Å². The van der Waals surface area contributed by atoms with Crippen molar-refractivity contribution in [2.24, 2.45) is 0 Å². The lowest BCUT2D eigenvalue weighted by atomic mass is 10.1. The number of nitriles is 1. The van der Waals surface area contributed by atoms with Gasteiger partial charge in [-0.15, -0.1) is 11.3 Å². The van der Waals surface area contributed by atoms with Crippen molar-refractivity contribution >= 4 is 22.9 Å². The number of carbonyl (C=O) groups is 1. The molecule has 0 aliphatic carbocycles. The van der Waals surface area contributed by atoms with Gasteiger partial charge in [0.05, 0.1) is 30.3 Å². The van der Waals surface area contributed by atoms with E-state index in [0.717, 1.165) is 30.3 Å². The third-order valence-electron chi connectivity index (χ3n) is 4.02. The number of hydrogen-bond donors (Lipinski definition) is 1. The van der Waals surface area contributed by atoms with Crippen molar-refractivity contribution in [3.63, 3.8) is 0 Å². The molecule has 0 bridgehead atoms. The number of rotatable bonds is 5. The molecule has 1 aliphatic heterocycles. The van der Waals surface area contributed by atoms with Gasteiger partial charge in [-0.25, -0.2) is 4.98 Å². The van der Waals surface area contributed by atoms with Gasteiger partial charge >= 0.3 is 0 Å².